The molecular weight excluding hydrogens is 420 g/mol. The van der Waals surface area contributed by atoms with Gasteiger partial charge in [-0.1, -0.05) is 13.0 Å². The Morgan fingerprint density at radius 1 is 0.781 bits per heavy atom. The van der Waals surface area contributed by atoms with Gasteiger partial charge in [0, 0.05) is 49.8 Å². The van der Waals surface area contributed by atoms with E-state index in [0.717, 1.165) is 56.4 Å². The molecule has 0 spiro atoms. The van der Waals surface area contributed by atoms with Crippen LogP contribution in [0.5, 0.6) is 0 Å². The lowest BCUT2D eigenvalue weighted by Crippen LogP contribution is -2.47. The first-order valence-electron chi connectivity index (χ1n) is 11.7. The Hall–Kier alpha value is -2.64. The van der Waals surface area contributed by atoms with Crippen molar-refractivity contribution in [2.75, 3.05) is 55.6 Å². The van der Waals surface area contributed by atoms with Gasteiger partial charge in [-0.15, -0.1) is 11.3 Å². The van der Waals surface area contributed by atoms with Crippen LogP contribution in [0.2, 0.25) is 0 Å². The van der Waals surface area contributed by atoms with Crippen LogP contribution < -0.4 is 9.80 Å². The highest BCUT2D eigenvalue weighted by Crippen LogP contribution is 2.37. The Bertz CT molecular complexity index is 1000. The maximum absolute atomic E-state index is 13.6. The van der Waals surface area contributed by atoms with Crippen LogP contribution in [-0.4, -0.2) is 67.4 Å². The predicted molar refractivity (Wildman–Crippen MR) is 130 cm³/mol. The average molecular weight is 451 g/mol. The minimum Gasteiger partial charge on any atom is -0.372 e. The molecule has 5 rings (SSSR count). The molecule has 2 amide bonds. The summed E-state index contributed by atoms with van der Waals surface area (Å²) in [7, 11) is 0. The van der Waals surface area contributed by atoms with E-state index in [2.05, 4.69) is 21.6 Å². The standard InChI is InChI=1S/C25H30N4O2S/c1-2-26-14-16-28(17-15-26)23-22(21-7-6-18-32-21)24(30)29(25(23)31)20-10-8-19(9-11-20)27-12-4-3-5-13-27/h6-11,18H,2-5,12-17H2,1H3. The first-order valence-corrected chi connectivity index (χ1v) is 12.5. The van der Waals surface area contributed by atoms with Crippen LogP contribution in [0.4, 0.5) is 11.4 Å². The van der Waals surface area contributed by atoms with Gasteiger partial charge in [0.05, 0.1) is 11.3 Å². The number of hydrogen-bond acceptors (Lipinski definition) is 6. The van der Waals surface area contributed by atoms with E-state index in [1.165, 1.54) is 35.5 Å². The lowest BCUT2D eigenvalue weighted by atomic mass is 10.1. The summed E-state index contributed by atoms with van der Waals surface area (Å²) >= 11 is 1.52. The summed E-state index contributed by atoms with van der Waals surface area (Å²) in [5.74, 6) is -0.412. The molecule has 0 bridgehead atoms. The maximum atomic E-state index is 13.6. The molecule has 32 heavy (non-hydrogen) atoms. The lowest BCUT2D eigenvalue weighted by Gasteiger charge is -2.35. The normalized spacial score (nSPS) is 20.6. The lowest BCUT2D eigenvalue weighted by molar-refractivity contribution is -0.120. The van der Waals surface area contributed by atoms with Crippen molar-refractivity contribution in [3.05, 3.63) is 52.4 Å². The zero-order valence-corrected chi connectivity index (χ0v) is 19.4. The summed E-state index contributed by atoms with van der Waals surface area (Å²) < 4.78 is 0. The highest BCUT2D eigenvalue weighted by molar-refractivity contribution is 7.11. The number of hydrogen-bond donors (Lipinski definition) is 0. The number of amides is 2. The fourth-order valence-corrected chi connectivity index (χ4v) is 5.70. The number of carbonyl (C=O) groups is 2. The molecule has 3 aliphatic heterocycles. The number of benzene rings is 1. The summed E-state index contributed by atoms with van der Waals surface area (Å²) in [5.41, 5.74) is 2.93. The van der Waals surface area contributed by atoms with E-state index in [-0.39, 0.29) is 11.8 Å². The molecule has 0 saturated carbocycles. The third-order valence-corrected chi connectivity index (χ3v) is 7.68. The SMILES string of the molecule is CCN1CCN(C2=C(c3cccs3)C(=O)N(c3ccc(N4CCCCC4)cc3)C2=O)CC1. The number of nitrogens with zero attached hydrogens (tertiary/aromatic N) is 4. The fraction of sp³-hybridized carbons (Fsp3) is 0.440. The van der Waals surface area contributed by atoms with Gasteiger partial charge in [-0.05, 0) is 61.5 Å². The van der Waals surface area contributed by atoms with Gasteiger partial charge in [-0.2, -0.15) is 0 Å². The van der Waals surface area contributed by atoms with E-state index >= 15 is 0 Å². The van der Waals surface area contributed by atoms with Gasteiger partial charge >= 0.3 is 0 Å². The van der Waals surface area contributed by atoms with Crippen molar-refractivity contribution in [1.29, 1.82) is 0 Å². The molecule has 6 nitrogen and oxygen atoms in total. The molecule has 2 fully saturated rings. The van der Waals surface area contributed by atoms with E-state index in [9.17, 15) is 9.59 Å². The highest BCUT2D eigenvalue weighted by Gasteiger charge is 2.43. The zero-order valence-electron chi connectivity index (χ0n) is 18.6. The Balaban J connectivity index is 1.44. The van der Waals surface area contributed by atoms with Crippen LogP contribution in [0, 0.1) is 0 Å². The molecule has 1 aromatic carbocycles. The van der Waals surface area contributed by atoms with E-state index < -0.39 is 0 Å². The second-order valence-electron chi connectivity index (χ2n) is 8.63. The summed E-state index contributed by atoms with van der Waals surface area (Å²) in [6, 6.07) is 11.8. The Morgan fingerprint density at radius 3 is 2.09 bits per heavy atom. The molecule has 0 unspecified atom stereocenters. The van der Waals surface area contributed by atoms with Crippen molar-refractivity contribution in [2.45, 2.75) is 26.2 Å². The molecule has 0 atom stereocenters. The Morgan fingerprint density at radius 2 is 1.47 bits per heavy atom. The number of imide groups is 1. The third kappa shape index (κ3) is 3.84. The summed E-state index contributed by atoms with van der Waals surface area (Å²) in [5, 5.41) is 1.96. The van der Waals surface area contributed by atoms with Crippen molar-refractivity contribution in [2.24, 2.45) is 0 Å². The Kier molecular flexibility index (Phi) is 6.02. The number of anilines is 2. The van der Waals surface area contributed by atoms with Gasteiger partial charge in [-0.3, -0.25) is 9.59 Å². The maximum Gasteiger partial charge on any atom is 0.282 e. The third-order valence-electron chi connectivity index (χ3n) is 6.79. The molecule has 2 saturated heterocycles. The van der Waals surface area contributed by atoms with Crippen LogP contribution in [0.1, 0.15) is 31.1 Å². The summed E-state index contributed by atoms with van der Waals surface area (Å²) in [6.07, 6.45) is 3.72. The van der Waals surface area contributed by atoms with Crippen LogP contribution in [0.25, 0.3) is 5.57 Å². The topological polar surface area (TPSA) is 47.1 Å². The van der Waals surface area contributed by atoms with E-state index in [1.807, 2.05) is 41.8 Å². The molecule has 2 aromatic rings. The molecule has 4 heterocycles. The van der Waals surface area contributed by atoms with Crippen LogP contribution >= 0.6 is 11.3 Å². The number of rotatable bonds is 5. The van der Waals surface area contributed by atoms with E-state index in [0.29, 0.717) is 17.0 Å². The second kappa shape index (κ2) is 9.08. The van der Waals surface area contributed by atoms with Crippen LogP contribution in [0.15, 0.2) is 47.5 Å². The second-order valence-corrected chi connectivity index (χ2v) is 9.58. The van der Waals surface area contributed by atoms with Gasteiger partial charge in [0.15, 0.2) is 0 Å². The predicted octanol–water partition coefficient (Wildman–Crippen LogP) is 3.66. The fourth-order valence-electron chi connectivity index (χ4n) is 4.94. The first kappa shape index (κ1) is 21.2. The smallest absolute Gasteiger partial charge is 0.282 e. The van der Waals surface area contributed by atoms with Gasteiger partial charge in [-0.25, -0.2) is 4.90 Å². The highest BCUT2D eigenvalue weighted by atomic mass is 32.1. The minimum absolute atomic E-state index is 0.200. The van der Waals surface area contributed by atoms with E-state index in [1.54, 1.807) is 0 Å². The molecule has 1 aromatic heterocycles. The van der Waals surface area contributed by atoms with Crippen molar-refractivity contribution < 1.29 is 9.59 Å². The van der Waals surface area contributed by atoms with Crippen LogP contribution in [0.3, 0.4) is 0 Å². The van der Waals surface area contributed by atoms with Crippen LogP contribution in [-0.2, 0) is 9.59 Å². The van der Waals surface area contributed by atoms with Gasteiger partial charge in [0.1, 0.15) is 5.70 Å². The number of piperidine rings is 1. The first-order chi connectivity index (χ1) is 15.7. The number of carbonyl (C=O) groups excluding carboxylic acids is 2. The molecular formula is C25H30N4O2S. The van der Waals surface area contributed by atoms with Gasteiger partial charge < -0.3 is 14.7 Å². The number of piperazine rings is 1. The van der Waals surface area contributed by atoms with Crippen molar-refractivity contribution >= 4 is 40.1 Å². The molecule has 0 N–H and O–H groups in total. The monoisotopic (exact) mass is 450 g/mol. The van der Waals surface area contributed by atoms with Crippen molar-refractivity contribution in [3.8, 4) is 0 Å². The van der Waals surface area contributed by atoms with Crippen molar-refractivity contribution in [3.63, 3.8) is 0 Å². The quantitative estimate of drug-likeness (QED) is 0.651. The number of likely N-dealkylation sites (N-methyl/N-ethyl adjacent to an activating group) is 1. The number of thiophene rings is 1. The van der Waals surface area contributed by atoms with Gasteiger partial charge in [0.2, 0.25) is 0 Å². The molecule has 3 aliphatic rings. The van der Waals surface area contributed by atoms with Crippen molar-refractivity contribution in [1.82, 2.24) is 9.80 Å². The molecule has 168 valence electrons. The zero-order chi connectivity index (χ0) is 22.1. The molecule has 0 radical (unpaired) electrons. The average Bonchev–Trinajstić information content (AvgIpc) is 3.46. The molecule has 0 aliphatic carbocycles. The van der Waals surface area contributed by atoms with E-state index in [4.69, 9.17) is 0 Å². The van der Waals surface area contributed by atoms with Gasteiger partial charge in [0.25, 0.3) is 11.8 Å². The summed E-state index contributed by atoms with van der Waals surface area (Å²) in [6.45, 7) is 8.64. The Labute approximate surface area is 193 Å². The summed E-state index contributed by atoms with van der Waals surface area (Å²) in [4.78, 5) is 36.3. The molecule has 7 heteroatoms. The largest absolute Gasteiger partial charge is 0.372 e. The minimum atomic E-state index is -0.212.